The highest BCUT2D eigenvalue weighted by Gasteiger charge is 2.34. The Kier molecular flexibility index (Phi) is 8.93. The highest BCUT2D eigenvalue weighted by molar-refractivity contribution is 5.85. The molecule has 1 heterocycles. The Labute approximate surface area is 167 Å². The second-order valence-corrected chi connectivity index (χ2v) is 6.12. The van der Waals surface area contributed by atoms with Gasteiger partial charge in [-0.3, -0.25) is 4.79 Å². The maximum atomic E-state index is 13.5. The number of rotatable bonds is 8. The zero-order valence-electron chi connectivity index (χ0n) is 15.9. The lowest BCUT2D eigenvalue weighted by molar-refractivity contribution is -0.138. The molecule has 0 unspecified atom stereocenters. The van der Waals surface area contributed by atoms with E-state index < -0.39 is 11.7 Å². The largest absolute Gasteiger partial charge is 0.416 e. The average molecular weight is 421 g/mol. The summed E-state index contributed by atoms with van der Waals surface area (Å²) in [5, 5.41) is 9.55. The molecule has 2 rings (SSSR count). The molecule has 0 saturated heterocycles. The van der Waals surface area contributed by atoms with E-state index in [1.54, 1.807) is 26.0 Å². The molecule has 1 aromatic heterocycles. The van der Waals surface area contributed by atoms with Gasteiger partial charge in [-0.25, -0.2) is 4.68 Å². The van der Waals surface area contributed by atoms with E-state index in [0.29, 0.717) is 18.8 Å². The number of aromatic nitrogens is 2. The van der Waals surface area contributed by atoms with Gasteiger partial charge in [0, 0.05) is 25.9 Å². The summed E-state index contributed by atoms with van der Waals surface area (Å²) in [6.45, 7) is 4.27. The van der Waals surface area contributed by atoms with Crippen LogP contribution >= 0.6 is 12.4 Å². The zero-order chi connectivity index (χ0) is 20.0. The number of hydrogen-bond acceptors (Lipinski definition) is 4. The van der Waals surface area contributed by atoms with Crippen molar-refractivity contribution in [3.63, 3.8) is 0 Å². The fourth-order valence-corrected chi connectivity index (χ4v) is 2.64. The van der Waals surface area contributed by atoms with Crippen LogP contribution in [0.3, 0.4) is 0 Å². The number of alkyl halides is 3. The van der Waals surface area contributed by atoms with Gasteiger partial charge in [0.1, 0.15) is 0 Å². The number of benzene rings is 1. The molecule has 0 atom stereocenters. The topological polar surface area (TPSA) is 68.2 Å². The molecule has 2 aromatic rings. The second kappa shape index (κ2) is 10.4. The van der Waals surface area contributed by atoms with Crippen LogP contribution in [0.4, 0.5) is 13.2 Å². The van der Waals surface area contributed by atoms with Gasteiger partial charge in [-0.15, -0.1) is 12.4 Å². The molecular formula is C18H24ClF3N4O2. The van der Waals surface area contributed by atoms with Crippen molar-refractivity contribution in [3.8, 4) is 5.69 Å². The number of nitrogens with zero attached hydrogens (tertiary/aromatic N) is 2. The van der Waals surface area contributed by atoms with Crippen LogP contribution in [-0.2, 0) is 22.3 Å². The molecule has 0 aliphatic carbocycles. The van der Waals surface area contributed by atoms with Crippen LogP contribution in [0.1, 0.15) is 22.5 Å². The summed E-state index contributed by atoms with van der Waals surface area (Å²) in [4.78, 5) is 11.8. The summed E-state index contributed by atoms with van der Waals surface area (Å²) in [6, 6.07) is 5.77. The molecule has 0 aliphatic heterocycles. The van der Waals surface area contributed by atoms with E-state index in [-0.39, 0.29) is 37.0 Å². The fourth-order valence-electron chi connectivity index (χ4n) is 2.64. The van der Waals surface area contributed by atoms with E-state index in [1.165, 1.54) is 17.9 Å². The molecule has 28 heavy (non-hydrogen) atoms. The third kappa shape index (κ3) is 6.50. The lowest BCUT2D eigenvalue weighted by atomic mass is 10.1. The van der Waals surface area contributed by atoms with Gasteiger partial charge in [-0.05, 0) is 37.6 Å². The van der Waals surface area contributed by atoms with Gasteiger partial charge < -0.3 is 15.4 Å². The lowest BCUT2D eigenvalue weighted by Crippen LogP contribution is -2.35. The van der Waals surface area contributed by atoms with Crippen molar-refractivity contribution >= 4 is 18.3 Å². The molecule has 0 radical (unpaired) electrons. The smallest absolute Gasteiger partial charge is 0.383 e. The van der Waals surface area contributed by atoms with Crippen LogP contribution in [-0.4, -0.2) is 42.5 Å². The molecule has 0 bridgehead atoms. The molecule has 0 fully saturated rings. The van der Waals surface area contributed by atoms with Gasteiger partial charge in [0.25, 0.3) is 0 Å². The summed E-state index contributed by atoms with van der Waals surface area (Å²) in [5.41, 5.74) is 0.990. The first-order valence-electron chi connectivity index (χ1n) is 8.42. The average Bonchev–Trinajstić information content (AvgIpc) is 2.94. The predicted octanol–water partition coefficient (Wildman–Crippen LogP) is 2.78. The lowest BCUT2D eigenvalue weighted by Gasteiger charge is -2.16. The quantitative estimate of drug-likeness (QED) is 0.644. The van der Waals surface area contributed by atoms with E-state index in [4.69, 9.17) is 4.74 Å². The number of ether oxygens (including phenoxy) is 1. The molecule has 1 aromatic carbocycles. The number of amides is 1. The fraction of sp³-hybridized carbons (Fsp3) is 0.444. The van der Waals surface area contributed by atoms with Gasteiger partial charge in [-0.1, -0.05) is 6.07 Å². The monoisotopic (exact) mass is 420 g/mol. The normalized spacial score (nSPS) is 11.2. The standard InChI is InChI=1S/C18H23F3N4O2.ClH/c1-12-8-13(2)25(24-12)15-5-4-14(16(9-15)18(19,20)21)10-23-17(26)11-22-6-7-27-3;/h4-5,8-9,22H,6-7,10-11H2,1-3H3,(H,23,26);1H. The molecule has 10 heteroatoms. The number of carbonyl (C=O) groups excluding carboxylic acids is 1. The van der Waals surface area contributed by atoms with Gasteiger partial charge in [0.2, 0.25) is 5.91 Å². The van der Waals surface area contributed by atoms with E-state index in [0.717, 1.165) is 17.5 Å². The zero-order valence-corrected chi connectivity index (χ0v) is 16.7. The Morgan fingerprint density at radius 2 is 1.96 bits per heavy atom. The molecule has 156 valence electrons. The maximum Gasteiger partial charge on any atom is 0.416 e. The first kappa shape index (κ1) is 23.9. The second-order valence-electron chi connectivity index (χ2n) is 6.12. The van der Waals surface area contributed by atoms with Crippen LogP contribution in [0.25, 0.3) is 5.69 Å². The highest BCUT2D eigenvalue weighted by Crippen LogP contribution is 2.33. The van der Waals surface area contributed by atoms with Crippen molar-refractivity contribution in [2.75, 3.05) is 26.8 Å². The van der Waals surface area contributed by atoms with Crippen molar-refractivity contribution < 1.29 is 22.7 Å². The summed E-state index contributed by atoms with van der Waals surface area (Å²) >= 11 is 0. The van der Waals surface area contributed by atoms with E-state index in [9.17, 15) is 18.0 Å². The SMILES string of the molecule is COCCNCC(=O)NCc1ccc(-n2nc(C)cc2C)cc1C(F)(F)F.Cl. The summed E-state index contributed by atoms with van der Waals surface area (Å²) in [7, 11) is 1.54. The third-order valence-electron chi connectivity index (χ3n) is 3.90. The Morgan fingerprint density at radius 3 is 2.54 bits per heavy atom. The molecule has 0 aliphatic rings. The number of hydrogen-bond donors (Lipinski definition) is 2. The summed E-state index contributed by atoms with van der Waals surface area (Å²) < 4.78 is 46.8. The molecule has 6 nitrogen and oxygen atoms in total. The minimum atomic E-state index is -4.54. The van der Waals surface area contributed by atoms with Crippen LogP contribution < -0.4 is 10.6 Å². The molecule has 0 spiro atoms. The number of nitrogens with one attached hydrogen (secondary N) is 2. The van der Waals surface area contributed by atoms with Crippen LogP contribution in [0, 0.1) is 13.8 Å². The van der Waals surface area contributed by atoms with Crippen LogP contribution in [0.2, 0.25) is 0 Å². The van der Waals surface area contributed by atoms with E-state index >= 15 is 0 Å². The minimum Gasteiger partial charge on any atom is -0.383 e. The van der Waals surface area contributed by atoms with Crippen molar-refractivity contribution in [1.29, 1.82) is 0 Å². The first-order chi connectivity index (χ1) is 12.7. The van der Waals surface area contributed by atoms with Gasteiger partial charge in [-0.2, -0.15) is 18.3 Å². The Bertz CT molecular complexity index is 794. The highest BCUT2D eigenvalue weighted by atomic mass is 35.5. The summed E-state index contributed by atoms with van der Waals surface area (Å²) in [6.07, 6.45) is -4.54. The molecule has 1 amide bonds. The van der Waals surface area contributed by atoms with Crippen LogP contribution in [0.15, 0.2) is 24.3 Å². The maximum absolute atomic E-state index is 13.5. The molecule has 0 saturated carbocycles. The Morgan fingerprint density at radius 1 is 1.25 bits per heavy atom. The van der Waals surface area contributed by atoms with Gasteiger partial charge in [0.15, 0.2) is 0 Å². The van der Waals surface area contributed by atoms with Gasteiger partial charge in [0.05, 0.1) is 30.1 Å². The molecular weight excluding hydrogens is 397 g/mol. The van der Waals surface area contributed by atoms with E-state index in [2.05, 4.69) is 15.7 Å². The summed E-state index contributed by atoms with van der Waals surface area (Å²) in [5.74, 6) is -0.387. The Hall–Kier alpha value is -2.10. The number of aryl methyl sites for hydroxylation is 2. The number of halogens is 4. The van der Waals surface area contributed by atoms with Crippen molar-refractivity contribution in [2.45, 2.75) is 26.6 Å². The number of methoxy groups -OCH3 is 1. The van der Waals surface area contributed by atoms with E-state index in [1.807, 2.05) is 0 Å². The van der Waals surface area contributed by atoms with Crippen molar-refractivity contribution in [2.24, 2.45) is 0 Å². The predicted molar refractivity (Wildman–Crippen MR) is 102 cm³/mol. The van der Waals surface area contributed by atoms with Gasteiger partial charge >= 0.3 is 6.18 Å². The minimum absolute atomic E-state index is 0. The van der Waals surface area contributed by atoms with Crippen molar-refractivity contribution in [3.05, 3.63) is 46.8 Å². The third-order valence-corrected chi connectivity index (χ3v) is 3.90. The van der Waals surface area contributed by atoms with Crippen molar-refractivity contribution in [1.82, 2.24) is 20.4 Å². The first-order valence-corrected chi connectivity index (χ1v) is 8.42. The molecule has 2 N–H and O–H groups in total. The number of carbonyl (C=O) groups is 1. The Balaban J connectivity index is 0.00000392. The van der Waals surface area contributed by atoms with Crippen LogP contribution in [0.5, 0.6) is 0 Å².